The van der Waals surface area contributed by atoms with Gasteiger partial charge >= 0.3 is 0 Å². The molecule has 6 heteroatoms. The van der Waals surface area contributed by atoms with Crippen molar-refractivity contribution in [1.82, 2.24) is 19.6 Å². The van der Waals surface area contributed by atoms with E-state index in [0.717, 1.165) is 39.2 Å². The van der Waals surface area contributed by atoms with E-state index in [9.17, 15) is 0 Å². The number of para-hydroxylation sites is 1. The van der Waals surface area contributed by atoms with E-state index >= 15 is 0 Å². The van der Waals surface area contributed by atoms with Gasteiger partial charge in [0.05, 0.1) is 0 Å². The smallest absolute Gasteiger partial charge is 0.170 e. The highest BCUT2D eigenvalue weighted by atomic mass is 35.5. The fraction of sp³-hybridized carbons (Fsp3) is 0. The zero-order chi connectivity index (χ0) is 22.2. The van der Waals surface area contributed by atoms with Gasteiger partial charge in [-0.3, -0.25) is 4.40 Å². The first-order valence-corrected chi connectivity index (χ1v) is 10.9. The zero-order valence-corrected chi connectivity index (χ0v) is 18.1. The summed E-state index contributed by atoms with van der Waals surface area (Å²) in [5, 5.41) is 10.7. The minimum Gasteiger partial charge on any atom is -0.457 e. The van der Waals surface area contributed by atoms with Crippen LogP contribution in [0.3, 0.4) is 0 Å². The molecule has 0 amide bonds. The Hall–Kier alpha value is -4.22. The number of nitrogens with zero attached hydrogens (tertiary/aromatic N) is 4. The molecule has 0 N–H and O–H groups in total. The normalized spacial score (nSPS) is 11.2. The Kier molecular flexibility index (Phi) is 4.74. The van der Waals surface area contributed by atoms with Crippen molar-refractivity contribution in [3.63, 3.8) is 0 Å². The van der Waals surface area contributed by atoms with Gasteiger partial charge in [-0.1, -0.05) is 48.0 Å². The number of pyridine rings is 2. The van der Waals surface area contributed by atoms with Gasteiger partial charge in [-0.05, 0) is 60.7 Å². The average Bonchev–Trinajstić information content (AvgIpc) is 3.31. The Morgan fingerprint density at radius 1 is 0.667 bits per heavy atom. The minimum atomic E-state index is 0.662. The van der Waals surface area contributed by atoms with Gasteiger partial charge in [-0.15, -0.1) is 10.2 Å². The Labute approximate surface area is 194 Å². The molecule has 158 valence electrons. The van der Waals surface area contributed by atoms with Crippen molar-refractivity contribution in [2.75, 3.05) is 0 Å². The molecule has 0 aliphatic rings. The number of hydrogen-bond donors (Lipinski definition) is 0. The van der Waals surface area contributed by atoms with Crippen LogP contribution in [-0.4, -0.2) is 19.6 Å². The van der Waals surface area contributed by atoms with E-state index in [1.54, 1.807) is 6.20 Å². The average molecular weight is 449 g/mol. The molecule has 0 unspecified atom stereocenters. The molecule has 0 radical (unpaired) electrons. The molecule has 0 spiro atoms. The predicted molar refractivity (Wildman–Crippen MR) is 131 cm³/mol. The van der Waals surface area contributed by atoms with Gasteiger partial charge in [0.15, 0.2) is 11.5 Å². The molecule has 3 aromatic carbocycles. The third-order valence-corrected chi connectivity index (χ3v) is 5.82. The van der Waals surface area contributed by atoms with Crippen LogP contribution in [-0.2, 0) is 0 Å². The van der Waals surface area contributed by atoms with E-state index in [-0.39, 0.29) is 0 Å². The number of ether oxygens (including phenoxy) is 1. The molecule has 0 aliphatic carbocycles. The molecule has 5 nitrogen and oxygen atoms in total. The first-order chi connectivity index (χ1) is 16.3. The van der Waals surface area contributed by atoms with Crippen LogP contribution in [0.15, 0.2) is 103 Å². The fourth-order valence-electron chi connectivity index (χ4n) is 3.95. The highest BCUT2D eigenvalue weighted by Gasteiger charge is 2.18. The summed E-state index contributed by atoms with van der Waals surface area (Å²) in [5.41, 5.74) is 4.21. The first-order valence-electron chi connectivity index (χ1n) is 10.5. The lowest BCUT2D eigenvalue weighted by molar-refractivity contribution is 0.483. The largest absolute Gasteiger partial charge is 0.457 e. The van der Waals surface area contributed by atoms with Gasteiger partial charge in [0.1, 0.15) is 17.1 Å². The number of fused-ring (bicyclic) bond motifs is 3. The highest BCUT2D eigenvalue weighted by Crippen LogP contribution is 2.35. The second-order valence-electron chi connectivity index (χ2n) is 7.58. The summed E-state index contributed by atoms with van der Waals surface area (Å²) in [4.78, 5) is 4.62. The second-order valence-corrected chi connectivity index (χ2v) is 7.98. The van der Waals surface area contributed by atoms with E-state index in [4.69, 9.17) is 16.3 Å². The molecular formula is C27H17ClN4O. The van der Waals surface area contributed by atoms with Gasteiger partial charge in [0.2, 0.25) is 0 Å². The summed E-state index contributed by atoms with van der Waals surface area (Å²) in [6, 6.07) is 31.3. The van der Waals surface area contributed by atoms with Crippen molar-refractivity contribution in [1.29, 1.82) is 0 Å². The van der Waals surface area contributed by atoms with Gasteiger partial charge in [0.25, 0.3) is 0 Å². The van der Waals surface area contributed by atoms with Gasteiger partial charge in [0, 0.05) is 33.3 Å². The predicted octanol–water partition coefficient (Wildman–Crippen LogP) is 7.06. The monoisotopic (exact) mass is 448 g/mol. The van der Waals surface area contributed by atoms with Crippen LogP contribution in [0, 0.1) is 0 Å². The molecule has 0 fully saturated rings. The molecule has 0 aliphatic heterocycles. The van der Waals surface area contributed by atoms with Crippen molar-refractivity contribution in [3.05, 3.63) is 108 Å². The zero-order valence-electron chi connectivity index (χ0n) is 17.4. The summed E-state index contributed by atoms with van der Waals surface area (Å²) in [7, 11) is 0. The Balaban J connectivity index is 1.51. The van der Waals surface area contributed by atoms with Crippen LogP contribution in [0.25, 0.3) is 39.2 Å². The molecular weight excluding hydrogens is 432 g/mol. The van der Waals surface area contributed by atoms with Gasteiger partial charge in [-0.25, -0.2) is 4.98 Å². The van der Waals surface area contributed by atoms with Crippen molar-refractivity contribution in [3.8, 4) is 34.0 Å². The van der Waals surface area contributed by atoms with Crippen LogP contribution in [0.1, 0.15) is 0 Å². The molecule has 3 aromatic heterocycles. The maximum atomic E-state index is 6.53. The van der Waals surface area contributed by atoms with Crippen LogP contribution in [0.2, 0.25) is 5.02 Å². The third kappa shape index (κ3) is 3.49. The van der Waals surface area contributed by atoms with Crippen molar-refractivity contribution >= 4 is 28.3 Å². The third-order valence-electron chi connectivity index (χ3n) is 5.49. The summed E-state index contributed by atoms with van der Waals surface area (Å²) in [6.07, 6.45) is 1.78. The van der Waals surface area contributed by atoms with Crippen LogP contribution < -0.4 is 4.74 Å². The van der Waals surface area contributed by atoms with E-state index in [2.05, 4.69) is 21.2 Å². The van der Waals surface area contributed by atoms with Gasteiger partial charge < -0.3 is 4.74 Å². The Morgan fingerprint density at radius 2 is 1.42 bits per heavy atom. The summed E-state index contributed by atoms with van der Waals surface area (Å²) >= 11 is 6.53. The standard InChI is InChI=1S/C27H17ClN4O/c28-24-11-5-4-10-22(24)23-17-19-7-6-16-29-25(19)32-26(30-31-27(23)32)18-12-14-21(15-13-18)33-20-8-2-1-3-9-20/h1-17H. The van der Waals surface area contributed by atoms with Crippen molar-refractivity contribution in [2.45, 2.75) is 0 Å². The number of rotatable bonds is 4. The van der Waals surface area contributed by atoms with E-state index in [0.29, 0.717) is 16.5 Å². The summed E-state index contributed by atoms with van der Waals surface area (Å²) < 4.78 is 7.92. The quantitative estimate of drug-likeness (QED) is 0.289. The van der Waals surface area contributed by atoms with E-state index in [1.165, 1.54) is 0 Å². The van der Waals surface area contributed by atoms with Crippen molar-refractivity contribution in [2.24, 2.45) is 0 Å². The molecule has 6 rings (SSSR count). The van der Waals surface area contributed by atoms with Gasteiger partial charge in [-0.2, -0.15) is 0 Å². The molecule has 0 atom stereocenters. The SMILES string of the molecule is Clc1ccccc1-c1cc2cccnc2n2c(-c3ccc(Oc4ccccc4)cc3)nnc12. The number of halogens is 1. The molecule has 6 aromatic rings. The second kappa shape index (κ2) is 8.04. The van der Waals surface area contributed by atoms with E-state index < -0.39 is 0 Å². The molecule has 33 heavy (non-hydrogen) atoms. The van der Waals surface area contributed by atoms with Crippen LogP contribution in [0.5, 0.6) is 11.5 Å². The molecule has 0 saturated carbocycles. The molecule has 0 saturated heterocycles. The number of aromatic nitrogens is 4. The fourth-order valence-corrected chi connectivity index (χ4v) is 4.19. The first kappa shape index (κ1) is 19.5. The van der Waals surface area contributed by atoms with E-state index in [1.807, 2.05) is 95.4 Å². The highest BCUT2D eigenvalue weighted by molar-refractivity contribution is 6.33. The Bertz CT molecular complexity index is 1590. The summed E-state index contributed by atoms with van der Waals surface area (Å²) in [6.45, 7) is 0. The molecule has 0 bridgehead atoms. The Morgan fingerprint density at radius 3 is 2.24 bits per heavy atom. The maximum absolute atomic E-state index is 6.53. The van der Waals surface area contributed by atoms with Crippen molar-refractivity contribution < 1.29 is 4.74 Å². The maximum Gasteiger partial charge on any atom is 0.170 e. The van der Waals surface area contributed by atoms with Crippen LogP contribution in [0.4, 0.5) is 0 Å². The lowest BCUT2D eigenvalue weighted by Crippen LogP contribution is -1.97. The topological polar surface area (TPSA) is 52.3 Å². The summed E-state index contributed by atoms with van der Waals surface area (Å²) in [5.74, 6) is 2.24. The number of benzene rings is 3. The molecule has 3 heterocycles. The number of hydrogen-bond acceptors (Lipinski definition) is 4. The lowest BCUT2D eigenvalue weighted by atomic mass is 10.1. The minimum absolute atomic E-state index is 0.662. The lowest BCUT2D eigenvalue weighted by Gasteiger charge is -2.10. The van der Waals surface area contributed by atoms with Crippen LogP contribution >= 0.6 is 11.6 Å².